The normalized spacial score (nSPS) is 12.8. The van der Waals surface area contributed by atoms with Crippen LogP contribution in [-0.2, 0) is 14.3 Å². The first kappa shape index (κ1) is 71.1. The van der Waals surface area contributed by atoms with Crippen molar-refractivity contribution < 1.29 is 24.5 Å². The minimum Gasteiger partial charge on any atom is -0.466 e. The molecule has 2 unspecified atom stereocenters. The van der Waals surface area contributed by atoms with Gasteiger partial charge in [0.05, 0.1) is 25.4 Å². The fraction of sp³-hybridized carbons (Fsp3) is 0.881. The maximum Gasteiger partial charge on any atom is 0.305 e. The molecule has 0 heterocycles. The van der Waals surface area contributed by atoms with Crippen molar-refractivity contribution in [3.05, 3.63) is 36.5 Å². The minimum absolute atomic E-state index is 0.00150. The summed E-state index contributed by atoms with van der Waals surface area (Å²) in [5.41, 5.74) is 0. The smallest absolute Gasteiger partial charge is 0.305 e. The van der Waals surface area contributed by atoms with E-state index < -0.39 is 12.1 Å². The second kappa shape index (κ2) is 62.6. The lowest BCUT2D eigenvalue weighted by atomic mass is 10.0. The highest BCUT2D eigenvalue weighted by atomic mass is 16.5. The van der Waals surface area contributed by atoms with Crippen molar-refractivity contribution in [2.24, 2.45) is 0 Å². The lowest BCUT2D eigenvalue weighted by molar-refractivity contribution is -0.143. The number of hydrogen-bond acceptors (Lipinski definition) is 5. The number of aliphatic hydroxyl groups excluding tert-OH is 2. The van der Waals surface area contributed by atoms with E-state index in [9.17, 15) is 19.8 Å². The number of carbonyl (C=O) groups excluding carboxylic acids is 2. The maximum atomic E-state index is 12.5. The molecule has 6 heteroatoms. The van der Waals surface area contributed by atoms with E-state index >= 15 is 0 Å². The molecule has 430 valence electrons. The van der Waals surface area contributed by atoms with E-state index in [-0.39, 0.29) is 18.5 Å². The average Bonchev–Trinajstić information content (AvgIpc) is 3.39. The van der Waals surface area contributed by atoms with Crippen molar-refractivity contribution in [1.82, 2.24) is 5.32 Å². The lowest BCUT2D eigenvalue weighted by Crippen LogP contribution is -2.45. The molecular formula is C67H127NO5. The van der Waals surface area contributed by atoms with Gasteiger partial charge in [0.2, 0.25) is 5.91 Å². The molecule has 3 N–H and O–H groups in total. The van der Waals surface area contributed by atoms with Crippen molar-refractivity contribution in [2.45, 2.75) is 366 Å². The molecule has 1 amide bonds. The van der Waals surface area contributed by atoms with Gasteiger partial charge in [-0.1, -0.05) is 294 Å². The number of carbonyl (C=O) groups is 2. The van der Waals surface area contributed by atoms with Gasteiger partial charge in [-0.3, -0.25) is 9.59 Å². The molecule has 6 nitrogen and oxygen atoms in total. The first-order chi connectivity index (χ1) is 36.0. The van der Waals surface area contributed by atoms with E-state index in [4.69, 9.17) is 4.74 Å². The van der Waals surface area contributed by atoms with Gasteiger partial charge in [0.1, 0.15) is 0 Å². The second-order valence-corrected chi connectivity index (χ2v) is 22.4. The van der Waals surface area contributed by atoms with Crippen LogP contribution < -0.4 is 5.32 Å². The van der Waals surface area contributed by atoms with Crippen LogP contribution in [0.2, 0.25) is 0 Å². The van der Waals surface area contributed by atoms with Crippen LogP contribution in [0.1, 0.15) is 354 Å². The summed E-state index contributed by atoms with van der Waals surface area (Å²) in [4.78, 5) is 24.5. The van der Waals surface area contributed by atoms with Crippen molar-refractivity contribution in [1.29, 1.82) is 0 Å². The maximum absolute atomic E-state index is 12.5. The number of hydrogen-bond donors (Lipinski definition) is 3. The number of allylic oxidation sites excluding steroid dienone is 6. The Morgan fingerprint density at radius 2 is 0.685 bits per heavy atom. The topological polar surface area (TPSA) is 95.9 Å². The van der Waals surface area contributed by atoms with Crippen molar-refractivity contribution in [2.75, 3.05) is 13.2 Å². The molecule has 0 bridgehead atoms. The summed E-state index contributed by atoms with van der Waals surface area (Å²) in [6, 6.07) is -0.544. The highest BCUT2D eigenvalue weighted by Gasteiger charge is 2.20. The molecule has 0 aromatic carbocycles. The van der Waals surface area contributed by atoms with Crippen LogP contribution in [0.25, 0.3) is 0 Å². The summed E-state index contributed by atoms with van der Waals surface area (Å²) in [5, 5.41) is 23.3. The third-order valence-electron chi connectivity index (χ3n) is 15.2. The predicted molar refractivity (Wildman–Crippen MR) is 319 cm³/mol. The van der Waals surface area contributed by atoms with Crippen LogP contribution in [0.3, 0.4) is 0 Å². The quantitative estimate of drug-likeness (QED) is 0.0320. The lowest BCUT2D eigenvalue weighted by Gasteiger charge is -2.22. The van der Waals surface area contributed by atoms with Crippen LogP contribution in [0.4, 0.5) is 0 Å². The first-order valence-corrected chi connectivity index (χ1v) is 32.7. The third kappa shape index (κ3) is 59.2. The van der Waals surface area contributed by atoms with Crippen molar-refractivity contribution in [3.8, 4) is 0 Å². The average molecular weight is 1030 g/mol. The van der Waals surface area contributed by atoms with Gasteiger partial charge in [0.25, 0.3) is 0 Å². The number of esters is 1. The third-order valence-corrected chi connectivity index (χ3v) is 15.2. The van der Waals surface area contributed by atoms with E-state index in [0.29, 0.717) is 25.9 Å². The Morgan fingerprint density at radius 3 is 1.07 bits per heavy atom. The molecular weight excluding hydrogens is 899 g/mol. The summed E-state index contributed by atoms with van der Waals surface area (Å²) < 4.78 is 5.47. The summed E-state index contributed by atoms with van der Waals surface area (Å²) >= 11 is 0. The summed E-state index contributed by atoms with van der Waals surface area (Å²) in [6.07, 6.45) is 78.8. The molecule has 0 spiro atoms. The van der Waals surface area contributed by atoms with E-state index in [2.05, 4.69) is 55.6 Å². The van der Waals surface area contributed by atoms with Gasteiger partial charge in [0.15, 0.2) is 0 Å². The van der Waals surface area contributed by atoms with Gasteiger partial charge in [-0.15, -0.1) is 0 Å². The Labute approximate surface area is 455 Å². The molecule has 0 saturated heterocycles. The van der Waals surface area contributed by atoms with Gasteiger partial charge in [-0.05, 0) is 83.5 Å². The molecule has 0 aromatic heterocycles. The van der Waals surface area contributed by atoms with E-state index in [1.807, 2.05) is 0 Å². The Morgan fingerprint density at radius 1 is 0.384 bits per heavy atom. The summed E-state index contributed by atoms with van der Waals surface area (Å²) in [7, 11) is 0. The van der Waals surface area contributed by atoms with Gasteiger partial charge in [0, 0.05) is 12.8 Å². The van der Waals surface area contributed by atoms with Gasteiger partial charge in [-0.25, -0.2) is 0 Å². The zero-order valence-corrected chi connectivity index (χ0v) is 49.1. The van der Waals surface area contributed by atoms with Crippen molar-refractivity contribution in [3.63, 3.8) is 0 Å². The van der Waals surface area contributed by atoms with Gasteiger partial charge in [-0.2, -0.15) is 0 Å². The highest BCUT2D eigenvalue weighted by Crippen LogP contribution is 2.18. The molecule has 73 heavy (non-hydrogen) atoms. The first-order valence-electron chi connectivity index (χ1n) is 32.7. The van der Waals surface area contributed by atoms with Crippen molar-refractivity contribution >= 4 is 11.9 Å². The second-order valence-electron chi connectivity index (χ2n) is 22.4. The molecule has 2 atom stereocenters. The SMILES string of the molecule is CCCCCC/C=C\CCCCCCCC(=O)OCCCCCCCCCCC/C=C\C/C=C\CCCCCCCCCCCCCC(=O)NC(CO)C(O)CCCCCCCCCCCCCCCCCC. The fourth-order valence-electron chi connectivity index (χ4n) is 10.1. The van der Waals surface area contributed by atoms with Crippen LogP contribution in [0, 0.1) is 0 Å². The minimum atomic E-state index is -0.667. The Bertz CT molecular complexity index is 1180. The standard InChI is InChI=1S/C67H127NO5/c1-3-5-7-9-11-13-15-17-18-32-36-39-43-47-51-55-59-65(70)64(63-69)68-66(71)60-56-52-48-44-40-37-33-30-28-26-24-22-20-19-21-23-25-27-29-31-34-38-42-46-50-54-58-62-73-67(72)61-57-53-49-45-41-35-16-14-12-10-8-6-4-2/h14,16,19-20,23,25,64-65,69-70H,3-13,15,17-18,21-22,24,26-63H2,1-2H3,(H,68,71)/b16-14-,20-19-,25-23-. The van der Waals surface area contributed by atoms with Gasteiger partial charge < -0.3 is 20.3 Å². The molecule has 0 radical (unpaired) electrons. The monoisotopic (exact) mass is 1030 g/mol. The number of aliphatic hydroxyl groups is 2. The van der Waals surface area contributed by atoms with E-state index in [1.165, 1.54) is 270 Å². The zero-order valence-electron chi connectivity index (χ0n) is 49.1. The summed E-state index contributed by atoms with van der Waals surface area (Å²) in [6.45, 7) is 4.95. The van der Waals surface area contributed by atoms with E-state index in [1.54, 1.807) is 0 Å². The highest BCUT2D eigenvalue weighted by molar-refractivity contribution is 5.76. The Balaban J connectivity index is 3.42. The molecule has 0 fully saturated rings. The Kier molecular flexibility index (Phi) is 61.0. The molecule has 0 aliphatic carbocycles. The molecule has 0 rings (SSSR count). The van der Waals surface area contributed by atoms with Crippen LogP contribution in [-0.4, -0.2) is 47.4 Å². The molecule has 0 aliphatic rings. The van der Waals surface area contributed by atoms with E-state index in [0.717, 1.165) is 51.4 Å². The largest absolute Gasteiger partial charge is 0.466 e. The number of amides is 1. The van der Waals surface area contributed by atoms with Crippen LogP contribution in [0.5, 0.6) is 0 Å². The number of nitrogens with one attached hydrogen (secondary N) is 1. The Hall–Kier alpha value is -1.92. The summed E-state index contributed by atoms with van der Waals surface area (Å²) in [5.74, 6) is -0.0345. The number of ether oxygens (including phenoxy) is 1. The van der Waals surface area contributed by atoms with Gasteiger partial charge >= 0.3 is 5.97 Å². The zero-order chi connectivity index (χ0) is 52.9. The predicted octanol–water partition coefficient (Wildman–Crippen LogP) is 20.8. The number of rotatable bonds is 61. The number of unbranched alkanes of at least 4 members (excludes halogenated alkanes) is 44. The fourth-order valence-corrected chi connectivity index (χ4v) is 10.1. The van der Waals surface area contributed by atoms with Crippen LogP contribution >= 0.6 is 0 Å². The molecule has 0 saturated carbocycles. The van der Waals surface area contributed by atoms with Crippen LogP contribution in [0.15, 0.2) is 36.5 Å². The molecule has 0 aromatic rings. The molecule has 0 aliphatic heterocycles.